The first-order valence-corrected chi connectivity index (χ1v) is 4.26. The lowest BCUT2D eigenvalue weighted by Gasteiger charge is -2.00. The molecule has 0 atom stereocenters. The summed E-state index contributed by atoms with van der Waals surface area (Å²) < 4.78 is 0. The molecule has 0 saturated heterocycles. The van der Waals surface area contributed by atoms with E-state index in [2.05, 4.69) is 11.1 Å². The van der Waals surface area contributed by atoms with Gasteiger partial charge in [-0.1, -0.05) is 30.3 Å². The number of rotatable bonds is 1. The van der Waals surface area contributed by atoms with Gasteiger partial charge in [-0.15, -0.1) is 0 Å². The average Bonchev–Trinajstić information content (AvgIpc) is 2.19. The maximum atomic E-state index is 4.43. The van der Waals surface area contributed by atoms with E-state index in [-0.39, 0.29) is 0 Å². The van der Waals surface area contributed by atoms with Crippen molar-refractivity contribution in [1.82, 2.24) is 4.98 Å². The lowest BCUT2D eigenvalue weighted by Crippen LogP contribution is -1.84. The van der Waals surface area contributed by atoms with Crippen molar-refractivity contribution in [3.8, 4) is 11.3 Å². The molecular formula is C12H10N. The summed E-state index contributed by atoms with van der Waals surface area (Å²) in [6.45, 7) is 2.00. The fraction of sp³-hybridized carbons (Fsp3) is 0.0833. The van der Waals surface area contributed by atoms with Crippen LogP contribution in [-0.4, -0.2) is 4.98 Å². The first kappa shape index (κ1) is 7.99. The standard InChI is InChI=1S/C12H10N/c1-10-6-5-9-12(13-10)11-7-3-2-4-8-11/h3-9H,1H3. The second-order valence-electron chi connectivity index (χ2n) is 2.95. The summed E-state index contributed by atoms with van der Waals surface area (Å²) in [5.41, 5.74) is 3.21. The molecule has 13 heavy (non-hydrogen) atoms. The molecule has 0 bridgehead atoms. The predicted molar refractivity (Wildman–Crippen MR) is 53.2 cm³/mol. The summed E-state index contributed by atoms with van der Waals surface area (Å²) in [5, 5.41) is 0. The van der Waals surface area contributed by atoms with Crippen LogP contribution in [0.15, 0.2) is 42.5 Å². The summed E-state index contributed by atoms with van der Waals surface area (Å²) >= 11 is 0. The van der Waals surface area contributed by atoms with E-state index in [0.29, 0.717) is 0 Å². The van der Waals surface area contributed by atoms with Crippen molar-refractivity contribution in [2.45, 2.75) is 6.92 Å². The van der Waals surface area contributed by atoms with Crippen LogP contribution in [0.3, 0.4) is 0 Å². The van der Waals surface area contributed by atoms with E-state index >= 15 is 0 Å². The Hall–Kier alpha value is -1.63. The van der Waals surface area contributed by atoms with Gasteiger partial charge in [0.15, 0.2) is 0 Å². The molecule has 0 fully saturated rings. The third-order valence-corrected chi connectivity index (χ3v) is 1.90. The number of hydrogen-bond acceptors (Lipinski definition) is 1. The minimum atomic E-state index is 1.02. The Balaban J connectivity index is 2.48. The Kier molecular flexibility index (Phi) is 2.09. The molecule has 0 aliphatic heterocycles. The zero-order valence-corrected chi connectivity index (χ0v) is 7.49. The molecule has 0 N–H and O–H groups in total. The van der Waals surface area contributed by atoms with Gasteiger partial charge in [-0.3, -0.25) is 4.98 Å². The Labute approximate surface area is 78.1 Å². The van der Waals surface area contributed by atoms with Gasteiger partial charge in [-0.2, -0.15) is 0 Å². The number of aromatic nitrogens is 1. The Morgan fingerprint density at radius 3 is 2.54 bits per heavy atom. The number of hydrogen-bond donors (Lipinski definition) is 0. The molecule has 1 radical (unpaired) electrons. The number of benzene rings is 1. The van der Waals surface area contributed by atoms with Crippen LogP contribution in [0.5, 0.6) is 0 Å². The number of pyridine rings is 1. The molecule has 2 aromatic rings. The van der Waals surface area contributed by atoms with Crippen molar-refractivity contribution in [3.05, 3.63) is 54.2 Å². The van der Waals surface area contributed by atoms with E-state index in [9.17, 15) is 0 Å². The van der Waals surface area contributed by atoms with Gasteiger partial charge in [0.1, 0.15) is 0 Å². The van der Waals surface area contributed by atoms with E-state index in [1.807, 2.05) is 49.4 Å². The summed E-state index contributed by atoms with van der Waals surface area (Å²) in [7, 11) is 0. The van der Waals surface area contributed by atoms with Crippen molar-refractivity contribution in [1.29, 1.82) is 0 Å². The fourth-order valence-corrected chi connectivity index (χ4v) is 1.26. The summed E-state index contributed by atoms with van der Waals surface area (Å²) in [6.07, 6.45) is 0. The monoisotopic (exact) mass is 168 g/mol. The summed E-state index contributed by atoms with van der Waals surface area (Å²) in [6, 6.07) is 16.9. The highest BCUT2D eigenvalue weighted by atomic mass is 14.7. The molecule has 0 spiro atoms. The van der Waals surface area contributed by atoms with Crippen molar-refractivity contribution in [3.63, 3.8) is 0 Å². The van der Waals surface area contributed by atoms with Gasteiger partial charge in [0.2, 0.25) is 0 Å². The third kappa shape index (κ3) is 1.75. The van der Waals surface area contributed by atoms with Crippen LogP contribution >= 0.6 is 0 Å². The molecule has 63 valence electrons. The molecule has 0 unspecified atom stereocenters. The Morgan fingerprint density at radius 2 is 1.85 bits per heavy atom. The van der Waals surface area contributed by atoms with E-state index in [1.54, 1.807) is 0 Å². The highest BCUT2D eigenvalue weighted by Crippen LogP contribution is 2.15. The largest absolute Gasteiger partial charge is 0.253 e. The highest BCUT2D eigenvalue weighted by molar-refractivity contribution is 5.58. The third-order valence-electron chi connectivity index (χ3n) is 1.90. The van der Waals surface area contributed by atoms with Crippen molar-refractivity contribution in [2.75, 3.05) is 0 Å². The summed E-state index contributed by atoms with van der Waals surface area (Å²) in [5.74, 6) is 0. The molecular weight excluding hydrogens is 158 g/mol. The van der Waals surface area contributed by atoms with Crippen LogP contribution < -0.4 is 0 Å². The van der Waals surface area contributed by atoms with Crippen LogP contribution in [-0.2, 0) is 0 Å². The van der Waals surface area contributed by atoms with Gasteiger partial charge in [-0.25, -0.2) is 0 Å². The second-order valence-corrected chi connectivity index (χ2v) is 2.95. The SMILES string of the molecule is Cc1cccc(-c2cc[c]cc2)n1. The van der Waals surface area contributed by atoms with E-state index in [4.69, 9.17) is 0 Å². The van der Waals surface area contributed by atoms with Crippen molar-refractivity contribution < 1.29 is 0 Å². The van der Waals surface area contributed by atoms with Gasteiger partial charge in [0, 0.05) is 11.3 Å². The minimum absolute atomic E-state index is 1.02. The molecule has 1 heterocycles. The molecule has 1 heteroatoms. The fourth-order valence-electron chi connectivity index (χ4n) is 1.26. The van der Waals surface area contributed by atoms with E-state index < -0.39 is 0 Å². The molecule has 1 aromatic carbocycles. The maximum Gasteiger partial charge on any atom is 0.0705 e. The average molecular weight is 168 g/mol. The molecule has 1 nitrogen and oxygen atoms in total. The molecule has 0 saturated carbocycles. The number of nitrogens with zero attached hydrogens (tertiary/aromatic N) is 1. The van der Waals surface area contributed by atoms with Crippen LogP contribution in [0.1, 0.15) is 5.69 Å². The first-order chi connectivity index (χ1) is 6.36. The normalized spacial score (nSPS) is 9.92. The van der Waals surface area contributed by atoms with Gasteiger partial charge in [0.25, 0.3) is 0 Å². The van der Waals surface area contributed by atoms with E-state index in [0.717, 1.165) is 17.0 Å². The quantitative estimate of drug-likeness (QED) is 0.638. The molecule has 0 aliphatic carbocycles. The lowest BCUT2D eigenvalue weighted by molar-refractivity contribution is 1.20. The smallest absolute Gasteiger partial charge is 0.0705 e. The summed E-state index contributed by atoms with van der Waals surface area (Å²) in [4.78, 5) is 4.43. The van der Waals surface area contributed by atoms with Crippen LogP contribution in [0.25, 0.3) is 11.3 Å². The van der Waals surface area contributed by atoms with Crippen LogP contribution in [0, 0.1) is 13.0 Å². The van der Waals surface area contributed by atoms with Gasteiger partial charge < -0.3 is 0 Å². The molecule has 2 rings (SSSR count). The zero-order valence-electron chi connectivity index (χ0n) is 7.49. The second kappa shape index (κ2) is 3.40. The Bertz CT molecular complexity index is 393. The first-order valence-electron chi connectivity index (χ1n) is 4.26. The van der Waals surface area contributed by atoms with Crippen molar-refractivity contribution >= 4 is 0 Å². The Morgan fingerprint density at radius 1 is 1.08 bits per heavy atom. The zero-order chi connectivity index (χ0) is 9.10. The van der Waals surface area contributed by atoms with Gasteiger partial charge in [-0.05, 0) is 25.1 Å². The van der Waals surface area contributed by atoms with Gasteiger partial charge in [0.05, 0.1) is 5.69 Å². The van der Waals surface area contributed by atoms with Crippen LogP contribution in [0.4, 0.5) is 0 Å². The minimum Gasteiger partial charge on any atom is -0.253 e. The molecule has 1 aromatic heterocycles. The van der Waals surface area contributed by atoms with E-state index in [1.165, 1.54) is 0 Å². The lowest BCUT2D eigenvalue weighted by atomic mass is 10.1. The van der Waals surface area contributed by atoms with Gasteiger partial charge >= 0.3 is 0 Å². The molecule has 0 amide bonds. The topological polar surface area (TPSA) is 12.9 Å². The molecule has 0 aliphatic rings. The number of aryl methyl sites for hydroxylation is 1. The van der Waals surface area contributed by atoms with Crippen LogP contribution in [0.2, 0.25) is 0 Å². The maximum absolute atomic E-state index is 4.43. The van der Waals surface area contributed by atoms with Crippen molar-refractivity contribution in [2.24, 2.45) is 0 Å². The predicted octanol–water partition coefficient (Wildman–Crippen LogP) is 2.86. The highest BCUT2D eigenvalue weighted by Gasteiger charge is 1.96.